The van der Waals surface area contributed by atoms with Gasteiger partial charge in [-0.15, -0.1) is 0 Å². The first-order chi connectivity index (χ1) is 29.8. The number of hydrogen-bond donors (Lipinski definition) is 0. The second-order valence-electron chi connectivity index (χ2n) is 16.7. The highest BCUT2D eigenvalue weighted by Gasteiger charge is 2.51. The number of hydrogen-bond acceptors (Lipinski definition) is 0. The molecule has 2 aliphatic rings. The van der Waals surface area contributed by atoms with Gasteiger partial charge in [-0.1, -0.05) is 170 Å². The standard InChI is InChI=1S/C59H35N/c1-3-17-42-40(15-1)41-16-2-4-18-43(41)52-35-50-36(32-51(42)52)14-13-23-39(50)37-28-30-46-47-31-29-38(60-57-26-11-7-21-48(57)49-22-8-12-27-58(49)60)34-56(47)59(55(46)33-37)53-24-9-5-19-44(53)45-20-6-10-25-54(45)59/h1-35H. The van der Waals surface area contributed by atoms with Crippen molar-refractivity contribution in [2.75, 3.05) is 0 Å². The van der Waals surface area contributed by atoms with Crippen LogP contribution in [0.3, 0.4) is 0 Å². The van der Waals surface area contributed by atoms with Gasteiger partial charge < -0.3 is 4.57 Å². The first-order valence-corrected chi connectivity index (χ1v) is 21.0. The summed E-state index contributed by atoms with van der Waals surface area (Å²) in [6.45, 7) is 0. The van der Waals surface area contributed by atoms with E-state index in [2.05, 4.69) is 217 Å². The van der Waals surface area contributed by atoms with E-state index < -0.39 is 5.41 Å². The second-order valence-corrected chi connectivity index (χ2v) is 16.7. The van der Waals surface area contributed by atoms with Gasteiger partial charge in [-0.05, 0) is 141 Å². The molecule has 1 spiro atoms. The van der Waals surface area contributed by atoms with E-state index in [4.69, 9.17) is 0 Å². The minimum absolute atomic E-state index is 0.491. The minimum Gasteiger partial charge on any atom is -0.309 e. The second kappa shape index (κ2) is 11.7. The summed E-state index contributed by atoms with van der Waals surface area (Å²) in [5.41, 5.74) is 16.3. The highest BCUT2D eigenvalue weighted by atomic mass is 15.0. The molecule has 0 bridgehead atoms. The van der Waals surface area contributed by atoms with Crippen molar-refractivity contribution in [3.63, 3.8) is 0 Å². The molecule has 0 saturated heterocycles. The molecule has 14 rings (SSSR count). The average Bonchev–Trinajstić information content (AvgIpc) is 3.92. The number of rotatable bonds is 2. The highest BCUT2D eigenvalue weighted by Crippen LogP contribution is 2.63. The molecule has 0 unspecified atom stereocenters. The smallest absolute Gasteiger partial charge is 0.0726 e. The molecule has 1 heteroatoms. The molecular weight excluding hydrogens is 723 g/mol. The molecule has 0 N–H and O–H groups in total. The molecular formula is C59H35N. The number of benzene rings is 11. The largest absolute Gasteiger partial charge is 0.309 e. The molecule has 0 saturated carbocycles. The van der Waals surface area contributed by atoms with Gasteiger partial charge in [0.2, 0.25) is 0 Å². The third-order valence-corrected chi connectivity index (χ3v) is 14.0. The molecule has 276 valence electrons. The first-order valence-electron chi connectivity index (χ1n) is 21.0. The Kier molecular flexibility index (Phi) is 6.28. The van der Waals surface area contributed by atoms with Crippen LogP contribution in [0.5, 0.6) is 0 Å². The third-order valence-electron chi connectivity index (χ3n) is 14.0. The van der Waals surface area contributed by atoms with Gasteiger partial charge in [0.1, 0.15) is 0 Å². The third kappa shape index (κ3) is 4.02. The van der Waals surface area contributed by atoms with Gasteiger partial charge in [0, 0.05) is 16.5 Å². The molecule has 60 heavy (non-hydrogen) atoms. The molecule has 0 aliphatic heterocycles. The summed E-state index contributed by atoms with van der Waals surface area (Å²) >= 11 is 0. The van der Waals surface area contributed by atoms with Crippen molar-refractivity contribution in [2.24, 2.45) is 0 Å². The van der Waals surface area contributed by atoms with Crippen LogP contribution >= 0.6 is 0 Å². The monoisotopic (exact) mass is 757 g/mol. The fourth-order valence-corrected chi connectivity index (χ4v) is 11.6. The van der Waals surface area contributed by atoms with Crippen LogP contribution in [0.25, 0.3) is 104 Å². The molecule has 12 aromatic rings. The van der Waals surface area contributed by atoms with Crippen LogP contribution in [-0.4, -0.2) is 4.57 Å². The number of para-hydroxylation sites is 2. The Morgan fingerprint density at radius 3 is 1.37 bits per heavy atom. The zero-order valence-corrected chi connectivity index (χ0v) is 32.7. The molecule has 2 aliphatic carbocycles. The fraction of sp³-hybridized carbons (Fsp3) is 0.0169. The van der Waals surface area contributed by atoms with Gasteiger partial charge in [0.25, 0.3) is 0 Å². The number of fused-ring (bicyclic) bond motifs is 20. The average molecular weight is 758 g/mol. The summed E-state index contributed by atoms with van der Waals surface area (Å²) in [6.07, 6.45) is 0. The van der Waals surface area contributed by atoms with Gasteiger partial charge in [-0.25, -0.2) is 0 Å². The Morgan fingerprint density at radius 2 is 0.733 bits per heavy atom. The molecule has 1 aromatic heterocycles. The van der Waals surface area contributed by atoms with E-state index in [0.717, 1.165) is 0 Å². The van der Waals surface area contributed by atoms with Crippen molar-refractivity contribution in [3.8, 4) is 39.1 Å². The summed E-state index contributed by atoms with van der Waals surface area (Å²) in [4.78, 5) is 0. The summed E-state index contributed by atoms with van der Waals surface area (Å²) in [6, 6.07) is 80.0. The van der Waals surface area contributed by atoms with Crippen molar-refractivity contribution >= 4 is 64.9 Å². The molecule has 0 amide bonds. The Bertz CT molecular complexity index is 3740. The van der Waals surface area contributed by atoms with Gasteiger partial charge >= 0.3 is 0 Å². The Hall–Kier alpha value is -7.74. The summed E-state index contributed by atoms with van der Waals surface area (Å²) in [7, 11) is 0. The van der Waals surface area contributed by atoms with Crippen LogP contribution in [0.15, 0.2) is 212 Å². The normalized spacial score (nSPS) is 13.5. The first kappa shape index (κ1) is 32.2. The van der Waals surface area contributed by atoms with Crippen molar-refractivity contribution in [1.29, 1.82) is 0 Å². The summed E-state index contributed by atoms with van der Waals surface area (Å²) < 4.78 is 2.47. The van der Waals surface area contributed by atoms with E-state index in [1.807, 2.05) is 0 Å². The van der Waals surface area contributed by atoms with E-state index in [9.17, 15) is 0 Å². The van der Waals surface area contributed by atoms with E-state index in [-0.39, 0.29) is 0 Å². The van der Waals surface area contributed by atoms with E-state index in [1.165, 1.54) is 126 Å². The predicted molar refractivity (Wildman–Crippen MR) is 253 cm³/mol. The lowest BCUT2D eigenvalue weighted by atomic mass is 9.70. The van der Waals surface area contributed by atoms with Crippen molar-refractivity contribution in [3.05, 3.63) is 235 Å². The Morgan fingerprint density at radius 1 is 0.267 bits per heavy atom. The molecule has 0 radical (unpaired) electrons. The van der Waals surface area contributed by atoms with Crippen LogP contribution in [-0.2, 0) is 5.41 Å². The molecule has 0 fully saturated rings. The fourth-order valence-electron chi connectivity index (χ4n) is 11.6. The zero-order valence-electron chi connectivity index (χ0n) is 32.7. The Labute approximate surface area is 347 Å². The lowest BCUT2D eigenvalue weighted by molar-refractivity contribution is 0.793. The molecule has 11 aromatic carbocycles. The molecule has 0 atom stereocenters. The predicted octanol–water partition coefficient (Wildman–Crippen LogP) is 15.4. The minimum atomic E-state index is -0.491. The van der Waals surface area contributed by atoms with E-state index in [0.29, 0.717) is 0 Å². The van der Waals surface area contributed by atoms with Gasteiger partial charge in [0.15, 0.2) is 0 Å². The number of nitrogens with zero attached hydrogens (tertiary/aromatic N) is 1. The van der Waals surface area contributed by atoms with Crippen molar-refractivity contribution in [1.82, 2.24) is 4.57 Å². The zero-order chi connectivity index (χ0) is 39.1. The quantitative estimate of drug-likeness (QED) is 0.122. The maximum Gasteiger partial charge on any atom is 0.0726 e. The van der Waals surface area contributed by atoms with Crippen LogP contribution in [0.1, 0.15) is 22.3 Å². The maximum absolute atomic E-state index is 2.53. The van der Waals surface area contributed by atoms with Crippen molar-refractivity contribution < 1.29 is 0 Å². The lowest BCUT2D eigenvalue weighted by Gasteiger charge is -2.31. The number of aromatic nitrogens is 1. The van der Waals surface area contributed by atoms with Crippen LogP contribution in [0, 0.1) is 0 Å². The van der Waals surface area contributed by atoms with Gasteiger partial charge in [-0.2, -0.15) is 0 Å². The lowest BCUT2D eigenvalue weighted by Crippen LogP contribution is -2.26. The topological polar surface area (TPSA) is 4.93 Å². The van der Waals surface area contributed by atoms with E-state index in [1.54, 1.807) is 0 Å². The SMILES string of the molecule is c1ccc2c(c1)-c1ccccc1C21c2cc(-c3cccc4cc5c6ccccc6c6ccccc6c5cc34)ccc2-c2ccc(-n3c4ccccc4c4ccccc43)cc21. The van der Waals surface area contributed by atoms with Gasteiger partial charge in [0.05, 0.1) is 16.4 Å². The van der Waals surface area contributed by atoms with Crippen LogP contribution in [0.4, 0.5) is 0 Å². The van der Waals surface area contributed by atoms with Crippen LogP contribution in [0.2, 0.25) is 0 Å². The van der Waals surface area contributed by atoms with Crippen molar-refractivity contribution in [2.45, 2.75) is 5.41 Å². The summed E-state index contributed by atoms with van der Waals surface area (Å²) in [5, 5.41) is 12.9. The highest BCUT2D eigenvalue weighted by molar-refractivity contribution is 6.28. The molecule has 1 nitrogen and oxygen atoms in total. The van der Waals surface area contributed by atoms with Crippen LogP contribution < -0.4 is 0 Å². The molecule has 1 heterocycles. The van der Waals surface area contributed by atoms with Gasteiger partial charge in [-0.3, -0.25) is 0 Å². The van der Waals surface area contributed by atoms with E-state index >= 15 is 0 Å². The summed E-state index contributed by atoms with van der Waals surface area (Å²) in [5.74, 6) is 0. The Balaban J connectivity index is 1.05. The maximum atomic E-state index is 2.53.